The molecule has 0 fully saturated rings. The van der Waals surface area contributed by atoms with Gasteiger partial charge in [-0.25, -0.2) is 4.79 Å². The van der Waals surface area contributed by atoms with E-state index in [1.54, 1.807) is 33.5 Å². The van der Waals surface area contributed by atoms with Gasteiger partial charge in [0.1, 0.15) is 22.7 Å². The van der Waals surface area contributed by atoms with Crippen molar-refractivity contribution in [2.24, 2.45) is 0 Å². The highest BCUT2D eigenvalue weighted by molar-refractivity contribution is 6.28. The second-order valence-electron chi connectivity index (χ2n) is 14.5. The van der Waals surface area contributed by atoms with E-state index in [1.807, 2.05) is 50.2 Å². The SMILES string of the molecule is COCCC1(CCOC)c2cc(/C(O)=C/C(=O)C3=C4C=C5CC(C)(C)OC=C5C(=O)C4(C)OC3=O)ccc2-c2ccc(-c3ccc(OC)cc3)cc21. The largest absolute Gasteiger partial charge is 0.507 e. The molecule has 2 aliphatic heterocycles. The smallest absolute Gasteiger partial charge is 0.343 e. The van der Waals surface area contributed by atoms with Crippen molar-refractivity contribution >= 4 is 23.3 Å². The first-order chi connectivity index (χ1) is 24.9. The van der Waals surface area contributed by atoms with Crippen molar-refractivity contribution in [2.75, 3.05) is 34.5 Å². The third-order valence-corrected chi connectivity index (χ3v) is 10.8. The van der Waals surface area contributed by atoms with Crippen molar-refractivity contribution in [3.8, 4) is 28.0 Å². The molecule has 7 rings (SSSR count). The number of methoxy groups -OCH3 is 3. The van der Waals surface area contributed by atoms with E-state index in [4.69, 9.17) is 23.7 Å². The molecule has 3 aromatic carbocycles. The number of Topliss-reactive ketones (excluding diaryl/α,β-unsaturated/α-hetero) is 1. The number of ether oxygens (including phenoxy) is 5. The zero-order valence-corrected chi connectivity index (χ0v) is 30.3. The lowest BCUT2D eigenvalue weighted by atomic mass is 9.72. The number of fused-ring (bicyclic) bond motifs is 5. The molecule has 1 N–H and O–H groups in total. The van der Waals surface area contributed by atoms with Crippen LogP contribution in [-0.2, 0) is 38.7 Å². The number of benzene rings is 3. The lowest BCUT2D eigenvalue weighted by Crippen LogP contribution is -2.43. The number of esters is 1. The summed E-state index contributed by atoms with van der Waals surface area (Å²) in [6.07, 6.45) is 5.83. The Morgan fingerprint density at radius 3 is 2.15 bits per heavy atom. The van der Waals surface area contributed by atoms with Crippen molar-refractivity contribution in [1.29, 1.82) is 0 Å². The second kappa shape index (κ2) is 13.1. The van der Waals surface area contributed by atoms with Crippen molar-refractivity contribution in [1.82, 2.24) is 0 Å². The van der Waals surface area contributed by atoms with Crippen LogP contribution in [0.25, 0.3) is 28.0 Å². The molecular formula is C43H42O9. The highest BCUT2D eigenvalue weighted by Gasteiger charge is 2.55. The maximum absolute atomic E-state index is 13.8. The van der Waals surface area contributed by atoms with E-state index in [2.05, 4.69) is 18.2 Å². The molecule has 2 aliphatic carbocycles. The van der Waals surface area contributed by atoms with Gasteiger partial charge in [0, 0.05) is 56.5 Å². The van der Waals surface area contributed by atoms with Crippen LogP contribution in [0.1, 0.15) is 56.7 Å². The topological polar surface area (TPSA) is 118 Å². The third kappa shape index (κ3) is 5.68. The Kier molecular flexibility index (Phi) is 8.83. The first-order valence-electron chi connectivity index (χ1n) is 17.3. The highest BCUT2D eigenvalue weighted by Crippen LogP contribution is 2.54. The van der Waals surface area contributed by atoms with Crippen LogP contribution >= 0.6 is 0 Å². The lowest BCUT2D eigenvalue weighted by molar-refractivity contribution is -0.153. The molecule has 0 spiro atoms. The van der Waals surface area contributed by atoms with Gasteiger partial charge in [-0.15, -0.1) is 0 Å². The van der Waals surface area contributed by atoms with Gasteiger partial charge in [0.15, 0.2) is 11.4 Å². The first kappa shape index (κ1) is 35.2. The Balaban J connectivity index is 1.30. The van der Waals surface area contributed by atoms with E-state index in [0.29, 0.717) is 49.2 Å². The fourth-order valence-corrected chi connectivity index (χ4v) is 8.01. The van der Waals surface area contributed by atoms with E-state index < -0.39 is 34.2 Å². The number of ketones is 2. The predicted molar refractivity (Wildman–Crippen MR) is 196 cm³/mol. The molecule has 1 atom stereocenters. The molecule has 1 unspecified atom stereocenters. The molecule has 0 bridgehead atoms. The maximum atomic E-state index is 13.8. The minimum Gasteiger partial charge on any atom is -0.507 e. The van der Waals surface area contributed by atoms with E-state index in [9.17, 15) is 19.5 Å². The molecule has 4 aliphatic rings. The van der Waals surface area contributed by atoms with Crippen LogP contribution in [0, 0.1) is 0 Å². The van der Waals surface area contributed by atoms with Gasteiger partial charge in [-0.3, -0.25) is 9.59 Å². The van der Waals surface area contributed by atoms with Crippen molar-refractivity contribution in [3.05, 3.63) is 118 Å². The molecule has 2 heterocycles. The van der Waals surface area contributed by atoms with Crippen molar-refractivity contribution in [3.63, 3.8) is 0 Å². The Morgan fingerprint density at radius 1 is 0.865 bits per heavy atom. The van der Waals surface area contributed by atoms with E-state index >= 15 is 0 Å². The molecule has 0 amide bonds. The molecule has 52 heavy (non-hydrogen) atoms. The quantitative estimate of drug-likeness (QED) is 0.0946. The Bertz CT molecular complexity index is 2120. The normalized spacial score (nSPS) is 20.9. The summed E-state index contributed by atoms with van der Waals surface area (Å²) in [5, 5.41) is 11.5. The van der Waals surface area contributed by atoms with E-state index in [-0.39, 0.29) is 16.9 Å². The van der Waals surface area contributed by atoms with Crippen LogP contribution in [-0.4, -0.2) is 68.4 Å². The van der Waals surface area contributed by atoms with Crippen molar-refractivity contribution < 1.29 is 43.2 Å². The standard InChI is InChI=1S/C43H42O9/c1-41(2)23-28-21-35-38(40(47)52-42(35,3)39(46)32(28)24-51-41)37(45)22-36(44)27-10-14-31-30-13-9-26(25-7-11-29(50-6)12-8-25)19-33(30)43(15-17-48-4,16-18-49-5)34(31)20-27/h7-14,19-22,24,44H,15-18,23H2,1-6H3/b36-22-. The van der Waals surface area contributed by atoms with Gasteiger partial charge in [0.2, 0.25) is 5.78 Å². The fraction of sp³-hybridized carbons (Fsp3) is 0.326. The van der Waals surface area contributed by atoms with Gasteiger partial charge in [0.05, 0.1) is 18.9 Å². The number of rotatable bonds is 11. The summed E-state index contributed by atoms with van der Waals surface area (Å²) >= 11 is 0. The number of allylic oxidation sites excluding steroid dienone is 1. The zero-order chi connectivity index (χ0) is 37.0. The van der Waals surface area contributed by atoms with Crippen molar-refractivity contribution in [2.45, 2.75) is 56.7 Å². The van der Waals surface area contributed by atoms with Gasteiger partial charge >= 0.3 is 5.97 Å². The van der Waals surface area contributed by atoms with Crippen LogP contribution in [0.2, 0.25) is 0 Å². The minimum atomic E-state index is -1.67. The number of hydrogen-bond acceptors (Lipinski definition) is 9. The van der Waals surface area contributed by atoms with Gasteiger partial charge in [-0.1, -0.05) is 36.4 Å². The van der Waals surface area contributed by atoms with Gasteiger partial charge in [-0.05, 0) is 103 Å². The van der Waals surface area contributed by atoms with Crippen LogP contribution in [0.5, 0.6) is 5.75 Å². The predicted octanol–water partition coefficient (Wildman–Crippen LogP) is 7.37. The fourth-order valence-electron chi connectivity index (χ4n) is 8.01. The Hall–Kier alpha value is -5.25. The second-order valence-corrected chi connectivity index (χ2v) is 14.5. The molecule has 0 saturated heterocycles. The molecule has 268 valence electrons. The Labute approximate surface area is 303 Å². The maximum Gasteiger partial charge on any atom is 0.343 e. The van der Waals surface area contributed by atoms with Gasteiger partial charge < -0.3 is 28.8 Å². The number of hydrogen-bond donors (Lipinski definition) is 1. The summed E-state index contributed by atoms with van der Waals surface area (Å²) in [6.45, 7) is 6.23. The summed E-state index contributed by atoms with van der Waals surface area (Å²) < 4.78 is 27.9. The summed E-state index contributed by atoms with van der Waals surface area (Å²) in [5.41, 5.74) is 4.85. The summed E-state index contributed by atoms with van der Waals surface area (Å²) in [7, 11) is 5.00. The zero-order valence-electron chi connectivity index (χ0n) is 30.3. The van der Waals surface area contributed by atoms with Crippen LogP contribution in [0.4, 0.5) is 0 Å². The minimum absolute atomic E-state index is 0.191. The van der Waals surface area contributed by atoms with Crippen LogP contribution in [0.15, 0.2) is 101 Å². The van der Waals surface area contributed by atoms with Crippen LogP contribution in [0.3, 0.4) is 0 Å². The van der Waals surface area contributed by atoms with Crippen LogP contribution < -0.4 is 4.74 Å². The molecule has 3 aromatic rings. The number of carbonyl (C=O) groups is 3. The van der Waals surface area contributed by atoms with E-state index in [0.717, 1.165) is 45.2 Å². The monoisotopic (exact) mass is 702 g/mol. The molecule has 0 aromatic heterocycles. The lowest BCUT2D eigenvalue weighted by Gasteiger charge is -2.37. The summed E-state index contributed by atoms with van der Waals surface area (Å²) in [4.78, 5) is 40.7. The molecule has 9 heteroatoms. The highest BCUT2D eigenvalue weighted by atomic mass is 16.6. The molecular weight excluding hydrogens is 660 g/mol. The number of carbonyl (C=O) groups excluding carboxylic acids is 3. The number of aliphatic hydroxyl groups is 1. The average Bonchev–Trinajstić information content (AvgIpc) is 3.56. The molecule has 0 radical (unpaired) electrons. The molecule has 0 saturated carbocycles. The molecule has 9 nitrogen and oxygen atoms in total. The summed E-state index contributed by atoms with van der Waals surface area (Å²) in [6, 6.07) is 20.0. The Morgan fingerprint density at radius 2 is 1.50 bits per heavy atom. The number of aliphatic hydroxyl groups excluding tert-OH is 1. The van der Waals surface area contributed by atoms with Gasteiger partial charge in [-0.2, -0.15) is 0 Å². The van der Waals surface area contributed by atoms with Gasteiger partial charge in [0.25, 0.3) is 0 Å². The third-order valence-electron chi connectivity index (χ3n) is 10.8. The summed E-state index contributed by atoms with van der Waals surface area (Å²) in [5.74, 6) is -1.64. The average molecular weight is 703 g/mol. The van der Waals surface area contributed by atoms with E-state index in [1.165, 1.54) is 13.2 Å². The first-order valence-corrected chi connectivity index (χ1v) is 17.3.